The zero-order valence-electron chi connectivity index (χ0n) is 11.0. The summed E-state index contributed by atoms with van der Waals surface area (Å²) in [4.78, 5) is 4.41. The zero-order chi connectivity index (χ0) is 13.9. The van der Waals surface area contributed by atoms with Crippen molar-refractivity contribution < 1.29 is 5.11 Å². The van der Waals surface area contributed by atoms with E-state index in [1.54, 1.807) is 6.07 Å². The molecule has 1 aromatic heterocycles. The molecule has 0 amide bonds. The zero-order valence-corrected chi connectivity index (χ0v) is 12.5. The smallest absolute Gasteiger partial charge is 0.147 e. The summed E-state index contributed by atoms with van der Waals surface area (Å²) >= 11 is 12.2. The Labute approximate surface area is 123 Å². The van der Waals surface area contributed by atoms with E-state index in [0.717, 1.165) is 25.8 Å². The van der Waals surface area contributed by atoms with Gasteiger partial charge in [-0.15, -0.1) is 0 Å². The molecule has 6 heteroatoms. The lowest BCUT2D eigenvalue weighted by Gasteiger charge is -2.16. The van der Waals surface area contributed by atoms with Gasteiger partial charge in [0.1, 0.15) is 11.6 Å². The van der Waals surface area contributed by atoms with E-state index < -0.39 is 0 Å². The molecule has 1 fully saturated rings. The Balaban J connectivity index is 2.06. The summed E-state index contributed by atoms with van der Waals surface area (Å²) in [5.41, 5.74) is 0.0155. The van der Waals surface area contributed by atoms with E-state index in [-0.39, 0.29) is 12.0 Å². The van der Waals surface area contributed by atoms with Gasteiger partial charge in [0.15, 0.2) is 0 Å². The van der Waals surface area contributed by atoms with Crippen molar-refractivity contribution in [3.8, 4) is 0 Å². The fraction of sp³-hybridized carbons (Fsp3) is 0.615. The molecule has 4 nitrogen and oxygen atoms in total. The molecule has 0 radical (unpaired) electrons. The molecule has 1 aromatic rings. The first-order valence-electron chi connectivity index (χ1n) is 6.55. The fourth-order valence-corrected chi connectivity index (χ4v) is 2.29. The highest BCUT2D eigenvalue weighted by atomic mass is 35.5. The summed E-state index contributed by atoms with van der Waals surface area (Å²) in [5, 5.41) is 16.7. The number of hydrogen-bond donors (Lipinski definition) is 3. The molecule has 1 heterocycles. The lowest BCUT2D eigenvalue weighted by atomic mass is 10.1. The van der Waals surface area contributed by atoms with Crippen molar-refractivity contribution in [2.24, 2.45) is 5.41 Å². The van der Waals surface area contributed by atoms with E-state index in [2.05, 4.69) is 22.5 Å². The number of rotatable bonds is 7. The molecule has 2 rings (SSSR count). The maximum absolute atomic E-state index is 9.29. The first-order valence-corrected chi connectivity index (χ1v) is 7.30. The predicted octanol–water partition coefficient (Wildman–Crippen LogP) is 3.39. The maximum Gasteiger partial charge on any atom is 0.147 e. The SMILES string of the molecule is CCCNc1nc(NCC2(CO)CC2)c(Cl)cc1Cl. The van der Waals surface area contributed by atoms with E-state index in [9.17, 15) is 5.11 Å². The van der Waals surface area contributed by atoms with E-state index in [4.69, 9.17) is 23.2 Å². The molecule has 1 saturated carbocycles. The fourth-order valence-electron chi connectivity index (χ4n) is 1.80. The van der Waals surface area contributed by atoms with Crippen LogP contribution >= 0.6 is 23.2 Å². The lowest BCUT2D eigenvalue weighted by molar-refractivity contribution is 0.219. The first kappa shape index (κ1) is 14.7. The number of pyridine rings is 1. The monoisotopic (exact) mass is 303 g/mol. The van der Waals surface area contributed by atoms with Gasteiger partial charge in [-0.05, 0) is 25.3 Å². The van der Waals surface area contributed by atoms with Gasteiger partial charge in [-0.3, -0.25) is 0 Å². The Kier molecular flexibility index (Phi) is 4.76. The molecule has 0 atom stereocenters. The van der Waals surface area contributed by atoms with Crippen LogP contribution < -0.4 is 10.6 Å². The molecule has 0 aromatic carbocycles. The van der Waals surface area contributed by atoms with E-state index >= 15 is 0 Å². The third-order valence-electron chi connectivity index (χ3n) is 3.40. The van der Waals surface area contributed by atoms with Crippen LogP contribution in [0.5, 0.6) is 0 Å². The summed E-state index contributed by atoms with van der Waals surface area (Å²) < 4.78 is 0. The van der Waals surface area contributed by atoms with Gasteiger partial charge in [0.2, 0.25) is 0 Å². The number of halogens is 2. The Morgan fingerprint density at radius 2 is 1.89 bits per heavy atom. The number of anilines is 2. The molecule has 3 N–H and O–H groups in total. The number of nitrogens with zero attached hydrogens (tertiary/aromatic N) is 1. The number of aromatic nitrogens is 1. The average molecular weight is 304 g/mol. The highest BCUT2D eigenvalue weighted by Crippen LogP contribution is 2.45. The Morgan fingerprint density at radius 1 is 1.26 bits per heavy atom. The third kappa shape index (κ3) is 3.65. The van der Waals surface area contributed by atoms with Gasteiger partial charge in [0.05, 0.1) is 16.7 Å². The molecule has 1 aliphatic rings. The molecule has 0 spiro atoms. The molecule has 0 saturated heterocycles. The Bertz CT molecular complexity index is 450. The second kappa shape index (κ2) is 6.16. The van der Waals surface area contributed by atoms with Crippen LogP contribution in [0.2, 0.25) is 10.0 Å². The van der Waals surface area contributed by atoms with Gasteiger partial charge < -0.3 is 15.7 Å². The van der Waals surface area contributed by atoms with Gasteiger partial charge in [0.25, 0.3) is 0 Å². The van der Waals surface area contributed by atoms with E-state index in [1.165, 1.54) is 0 Å². The van der Waals surface area contributed by atoms with Gasteiger partial charge in [-0.2, -0.15) is 0 Å². The van der Waals surface area contributed by atoms with E-state index in [0.29, 0.717) is 28.2 Å². The van der Waals surface area contributed by atoms with Crippen LogP contribution in [-0.4, -0.2) is 29.8 Å². The van der Waals surface area contributed by atoms with Crippen LogP contribution in [-0.2, 0) is 0 Å². The predicted molar refractivity (Wildman–Crippen MR) is 80.3 cm³/mol. The molecular weight excluding hydrogens is 285 g/mol. The van der Waals surface area contributed by atoms with Crippen LogP contribution in [0.25, 0.3) is 0 Å². The van der Waals surface area contributed by atoms with Crippen molar-refractivity contribution in [2.75, 3.05) is 30.3 Å². The number of aliphatic hydroxyl groups excluding tert-OH is 1. The highest BCUT2D eigenvalue weighted by Gasteiger charge is 2.41. The minimum Gasteiger partial charge on any atom is -0.396 e. The van der Waals surface area contributed by atoms with Crippen molar-refractivity contribution in [2.45, 2.75) is 26.2 Å². The normalized spacial score (nSPS) is 16.2. The van der Waals surface area contributed by atoms with Crippen LogP contribution in [0.1, 0.15) is 26.2 Å². The number of aliphatic hydroxyl groups is 1. The van der Waals surface area contributed by atoms with Crippen LogP contribution in [0.4, 0.5) is 11.6 Å². The van der Waals surface area contributed by atoms with Crippen LogP contribution in [0, 0.1) is 5.41 Å². The van der Waals surface area contributed by atoms with E-state index in [1.807, 2.05) is 0 Å². The standard InChI is InChI=1S/C13H19Cl2N3O/c1-2-5-16-11-9(14)6-10(15)12(18-11)17-7-13(8-19)3-4-13/h6,19H,2-5,7-8H2,1H3,(H2,16,17,18). The molecule has 0 bridgehead atoms. The second-order valence-corrected chi connectivity index (χ2v) is 5.90. The molecule has 0 unspecified atom stereocenters. The minimum atomic E-state index is 0.0155. The summed E-state index contributed by atoms with van der Waals surface area (Å²) in [7, 11) is 0. The molecule has 0 aliphatic heterocycles. The molecular formula is C13H19Cl2N3O. The molecule has 106 valence electrons. The van der Waals surface area contributed by atoms with Gasteiger partial charge in [0, 0.05) is 18.5 Å². The van der Waals surface area contributed by atoms with Crippen molar-refractivity contribution in [3.05, 3.63) is 16.1 Å². The average Bonchev–Trinajstić information content (AvgIpc) is 3.17. The van der Waals surface area contributed by atoms with Crippen LogP contribution in [0.3, 0.4) is 0 Å². The number of nitrogens with one attached hydrogen (secondary N) is 2. The second-order valence-electron chi connectivity index (χ2n) is 5.09. The van der Waals surface area contributed by atoms with Gasteiger partial charge in [-0.1, -0.05) is 30.1 Å². The number of hydrogen-bond acceptors (Lipinski definition) is 4. The summed E-state index contributed by atoms with van der Waals surface area (Å²) in [6.45, 7) is 3.78. The third-order valence-corrected chi connectivity index (χ3v) is 3.97. The quantitative estimate of drug-likeness (QED) is 0.722. The van der Waals surface area contributed by atoms with Crippen molar-refractivity contribution in [3.63, 3.8) is 0 Å². The van der Waals surface area contributed by atoms with Gasteiger partial charge >= 0.3 is 0 Å². The Hall–Kier alpha value is -0.710. The largest absolute Gasteiger partial charge is 0.396 e. The summed E-state index contributed by atoms with van der Waals surface area (Å²) in [5.74, 6) is 1.26. The summed E-state index contributed by atoms with van der Waals surface area (Å²) in [6, 6.07) is 1.69. The van der Waals surface area contributed by atoms with Gasteiger partial charge in [-0.25, -0.2) is 4.98 Å². The molecule has 1 aliphatic carbocycles. The highest BCUT2D eigenvalue weighted by molar-refractivity contribution is 6.37. The Morgan fingerprint density at radius 3 is 2.42 bits per heavy atom. The van der Waals surface area contributed by atoms with Crippen molar-refractivity contribution in [1.29, 1.82) is 0 Å². The first-order chi connectivity index (χ1) is 9.10. The van der Waals surface area contributed by atoms with Crippen LogP contribution in [0.15, 0.2) is 6.07 Å². The maximum atomic E-state index is 9.29. The molecule has 19 heavy (non-hydrogen) atoms. The minimum absolute atomic E-state index is 0.0155. The van der Waals surface area contributed by atoms with Crippen molar-refractivity contribution in [1.82, 2.24) is 4.98 Å². The summed E-state index contributed by atoms with van der Waals surface area (Å²) in [6.07, 6.45) is 3.09. The lowest BCUT2D eigenvalue weighted by Crippen LogP contribution is -2.20. The topological polar surface area (TPSA) is 57.2 Å². The van der Waals surface area contributed by atoms with Crippen molar-refractivity contribution >= 4 is 34.8 Å².